The van der Waals surface area contributed by atoms with E-state index < -0.39 is 17.6 Å². The average molecular weight is 497 g/mol. The van der Waals surface area contributed by atoms with E-state index in [9.17, 15) is 9.90 Å². The van der Waals surface area contributed by atoms with Crippen molar-refractivity contribution >= 4 is 5.91 Å². The topological polar surface area (TPSA) is 84.4 Å². The molecule has 1 amide bonds. The number of hydrogen-bond donors (Lipinski definition) is 2. The van der Waals surface area contributed by atoms with Gasteiger partial charge in [-0.1, -0.05) is 99.6 Å². The second kappa shape index (κ2) is 11.5. The summed E-state index contributed by atoms with van der Waals surface area (Å²) in [4.78, 5) is 20.8. The number of aliphatic hydroxyl groups is 1. The van der Waals surface area contributed by atoms with E-state index in [1.165, 1.54) is 0 Å². The Hall–Kier alpha value is -3.74. The van der Waals surface area contributed by atoms with Crippen LogP contribution in [0.4, 0.5) is 0 Å². The molecule has 6 heteroatoms. The zero-order valence-electron chi connectivity index (χ0n) is 21.8. The molecule has 1 aromatic heterocycles. The zero-order chi connectivity index (χ0) is 26.4. The highest BCUT2D eigenvalue weighted by atomic mass is 16.3. The number of carbonyl (C=O) groups excluding carboxylic acids is 1. The SMILES string of the molecule is CC(C)(C)[C@H](c1nc(-c2ccccc2)cn1Cc1ccccc1)N(C[C@@H](O)CN)C(=O)c1ccccc1. The summed E-state index contributed by atoms with van der Waals surface area (Å²) in [5.41, 5.74) is 8.96. The minimum Gasteiger partial charge on any atom is -0.390 e. The molecular formula is C31H36N4O2. The lowest BCUT2D eigenvalue weighted by Gasteiger charge is -2.40. The second-order valence-corrected chi connectivity index (χ2v) is 10.4. The summed E-state index contributed by atoms with van der Waals surface area (Å²) >= 11 is 0. The van der Waals surface area contributed by atoms with Gasteiger partial charge in [0.2, 0.25) is 0 Å². The van der Waals surface area contributed by atoms with E-state index in [-0.39, 0.29) is 19.0 Å². The van der Waals surface area contributed by atoms with Crippen molar-refractivity contribution in [1.29, 1.82) is 0 Å². The lowest BCUT2D eigenvalue weighted by Crippen LogP contribution is -2.47. The van der Waals surface area contributed by atoms with E-state index >= 15 is 0 Å². The van der Waals surface area contributed by atoms with Gasteiger partial charge < -0.3 is 20.3 Å². The van der Waals surface area contributed by atoms with Crippen LogP contribution in [0.3, 0.4) is 0 Å². The van der Waals surface area contributed by atoms with Crippen molar-refractivity contribution in [3.63, 3.8) is 0 Å². The zero-order valence-corrected chi connectivity index (χ0v) is 21.8. The molecule has 37 heavy (non-hydrogen) atoms. The van der Waals surface area contributed by atoms with Gasteiger partial charge in [0, 0.05) is 37.0 Å². The lowest BCUT2D eigenvalue weighted by molar-refractivity contribution is 0.0296. The summed E-state index contributed by atoms with van der Waals surface area (Å²) in [6.07, 6.45) is 1.20. The summed E-state index contributed by atoms with van der Waals surface area (Å²) in [5.74, 6) is 0.604. The van der Waals surface area contributed by atoms with Crippen LogP contribution in [0.5, 0.6) is 0 Å². The van der Waals surface area contributed by atoms with Gasteiger partial charge in [-0.15, -0.1) is 0 Å². The van der Waals surface area contributed by atoms with E-state index in [2.05, 4.69) is 43.7 Å². The number of nitrogens with zero attached hydrogens (tertiary/aromatic N) is 3. The van der Waals surface area contributed by atoms with Crippen LogP contribution in [-0.2, 0) is 6.54 Å². The van der Waals surface area contributed by atoms with Crippen molar-refractivity contribution in [3.8, 4) is 11.3 Å². The fourth-order valence-electron chi connectivity index (χ4n) is 4.65. The van der Waals surface area contributed by atoms with E-state index in [0.717, 1.165) is 22.6 Å². The van der Waals surface area contributed by atoms with Crippen LogP contribution >= 0.6 is 0 Å². The predicted octanol–water partition coefficient (Wildman–Crippen LogP) is 5.15. The number of aliphatic hydroxyl groups excluding tert-OH is 1. The van der Waals surface area contributed by atoms with Crippen molar-refractivity contribution in [2.75, 3.05) is 13.1 Å². The van der Waals surface area contributed by atoms with Crippen LogP contribution in [-0.4, -0.2) is 44.7 Å². The standard InChI is InChI=1S/C31H36N4O2/c1-31(2,3)28(35(21-26(36)19-32)30(37)25-17-11-6-12-18-25)29-33-27(24-15-9-5-10-16-24)22-34(29)20-23-13-7-4-8-14-23/h4-18,22,26,28,36H,19-21,32H2,1-3H3/t26-,28-/m0/s1. The molecule has 0 saturated heterocycles. The molecule has 0 spiro atoms. The number of hydrogen-bond acceptors (Lipinski definition) is 4. The van der Waals surface area contributed by atoms with Gasteiger partial charge in [-0.25, -0.2) is 4.98 Å². The third-order valence-electron chi connectivity index (χ3n) is 6.41. The molecule has 0 saturated carbocycles. The molecule has 4 rings (SSSR count). The summed E-state index contributed by atoms with van der Waals surface area (Å²) in [5, 5.41) is 10.6. The normalized spacial score (nSPS) is 13.2. The van der Waals surface area contributed by atoms with Crippen LogP contribution in [0.1, 0.15) is 48.6 Å². The van der Waals surface area contributed by atoms with E-state index in [0.29, 0.717) is 12.1 Å². The molecule has 3 N–H and O–H groups in total. The molecule has 1 heterocycles. The number of amides is 1. The first-order chi connectivity index (χ1) is 17.8. The van der Waals surface area contributed by atoms with Gasteiger partial charge in [0.1, 0.15) is 5.82 Å². The summed E-state index contributed by atoms with van der Waals surface area (Å²) in [6, 6.07) is 29.0. The molecule has 2 atom stereocenters. The first-order valence-electron chi connectivity index (χ1n) is 12.7. The summed E-state index contributed by atoms with van der Waals surface area (Å²) < 4.78 is 2.13. The fraction of sp³-hybridized carbons (Fsp3) is 0.290. The molecule has 192 valence electrons. The van der Waals surface area contributed by atoms with Gasteiger partial charge in [-0.3, -0.25) is 4.79 Å². The van der Waals surface area contributed by atoms with Crippen LogP contribution in [0, 0.1) is 5.41 Å². The van der Waals surface area contributed by atoms with Crippen molar-refractivity contribution in [2.24, 2.45) is 11.1 Å². The van der Waals surface area contributed by atoms with E-state index in [1.54, 1.807) is 17.0 Å². The molecule has 0 unspecified atom stereocenters. The number of imidazole rings is 1. The van der Waals surface area contributed by atoms with Crippen LogP contribution in [0.15, 0.2) is 97.2 Å². The Morgan fingerprint density at radius 3 is 2.08 bits per heavy atom. The highest BCUT2D eigenvalue weighted by Gasteiger charge is 2.39. The van der Waals surface area contributed by atoms with E-state index in [1.807, 2.05) is 66.7 Å². The largest absolute Gasteiger partial charge is 0.390 e. The molecular weight excluding hydrogens is 460 g/mol. The molecule has 3 aromatic carbocycles. The van der Waals surface area contributed by atoms with Crippen molar-refractivity contribution in [1.82, 2.24) is 14.5 Å². The maximum Gasteiger partial charge on any atom is 0.254 e. The van der Waals surface area contributed by atoms with Gasteiger partial charge in [0.25, 0.3) is 5.91 Å². The Bertz CT molecular complexity index is 1280. The minimum atomic E-state index is -0.858. The molecule has 6 nitrogen and oxygen atoms in total. The smallest absolute Gasteiger partial charge is 0.254 e. The Kier molecular flexibility index (Phi) is 8.21. The van der Waals surface area contributed by atoms with Crippen LogP contribution in [0.2, 0.25) is 0 Å². The Morgan fingerprint density at radius 1 is 0.946 bits per heavy atom. The molecule has 0 bridgehead atoms. The Morgan fingerprint density at radius 2 is 1.51 bits per heavy atom. The molecule has 0 radical (unpaired) electrons. The van der Waals surface area contributed by atoms with Crippen molar-refractivity contribution in [3.05, 3.63) is 114 Å². The molecule has 0 fully saturated rings. The summed E-state index contributed by atoms with van der Waals surface area (Å²) in [7, 11) is 0. The average Bonchev–Trinajstić information content (AvgIpc) is 3.31. The highest BCUT2D eigenvalue weighted by Crippen LogP contribution is 2.40. The number of carbonyl (C=O) groups is 1. The summed E-state index contributed by atoms with van der Waals surface area (Å²) in [6.45, 7) is 7.06. The van der Waals surface area contributed by atoms with Gasteiger partial charge in [-0.2, -0.15) is 0 Å². The molecule has 4 aromatic rings. The quantitative estimate of drug-likeness (QED) is 0.336. The number of aromatic nitrogens is 2. The molecule has 0 aliphatic rings. The third kappa shape index (κ3) is 6.34. The van der Waals surface area contributed by atoms with Gasteiger partial charge in [0.15, 0.2) is 0 Å². The predicted molar refractivity (Wildman–Crippen MR) is 148 cm³/mol. The highest BCUT2D eigenvalue weighted by molar-refractivity contribution is 5.94. The monoisotopic (exact) mass is 496 g/mol. The Balaban J connectivity index is 1.88. The lowest BCUT2D eigenvalue weighted by atomic mass is 9.84. The molecule has 0 aliphatic carbocycles. The van der Waals surface area contributed by atoms with Crippen LogP contribution < -0.4 is 5.73 Å². The number of rotatable bonds is 9. The van der Waals surface area contributed by atoms with Gasteiger partial charge in [0.05, 0.1) is 17.8 Å². The fourth-order valence-corrected chi connectivity index (χ4v) is 4.65. The number of nitrogens with two attached hydrogens (primary N) is 1. The maximum atomic E-state index is 13.9. The Labute approximate surface area is 219 Å². The van der Waals surface area contributed by atoms with Crippen molar-refractivity contribution in [2.45, 2.75) is 39.5 Å². The van der Waals surface area contributed by atoms with Gasteiger partial charge >= 0.3 is 0 Å². The third-order valence-corrected chi connectivity index (χ3v) is 6.41. The first kappa shape index (κ1) is 26.3. The van der Waals surface area contributed by atoms with Gasteiger partial charge in [-0.05, 0) is 23.1 Å². The first-order valence-corrected chi connectivity index (χ1v) is 12.7. The van der Waals surface area contributed by atoms with E-state index in [4.69, 9.17) is 10.7 Å². The number of benzene rings is 3. The van der Waals surface area contributed by atoms with Crippen molar-refractivity contribution < 1.29 is 9.90 Å². The second-order valence-electron chi connectivity index (χ2n) is 10.4. The van der Waals surface area contributed by atoms with Crippen LogP contribution in [0.25, 0.3) is 11.3 Å². The molecule has 0 aliphatic heterocycles. The minimum absolute atomic E-state index is 0.0587. The maximum absolute atomic E-state index is 13.9.